The molecule has 4 rings (SSSR count). The van der Waals surface area contributed by atoms with Crippen molar-refractivity contribution in [1.82, 2.24) is 15.2 Å². The lowest BCUT2D eigenvalue weighted by Gasteiger charge is -2.34. The minimum absolute atomic E-state index is 0.204. The molecule has 0 aliphatic carbocycles. The number of hydrogen-bond acceptors (Lipinski definition) is 5. The molecule has 5 heteroatoms. The Hall–Kier alpha value is -2.53. The summed E-state index contributed by atoms with van der Waals surface area (Å²) < 4.78 is 0. The summed E-state index contributed by atoms with van der Waals surface area (Å²) in [7, 11) is 0. The number of benzene rings is 2. The number of piperidine rings is 1. The number of aliphatic hydroxyl groups is 1. The topological polar surface area (TPSA) is 62.1 Å². The molecule has 1 aromatic heterocycles. The smallest absolute Gasteiger partial charge is 0.245 e. The third-order valence-electron chi connectivity index (χ3n) is 5.67. The van der Waals surface area contributed by atoms with Crippen LogP contribution in [-0.2, 0) is 0 Å². The van der Waals surface area contributed by atoms with Gasteiger partial charge in [0.05, 0.1) is 18.0 Å². The molecule has 28 heavy (non-hydrogen) atoms. The van der Waals surface area contributed by atoms with E-state index in [2.05, 4.69) is 59.3 Å². The van der Waals surface area contributed by atoms with Crippen LogP contribution in [0.3, 0.4) is 0 Å². The van der Waals surface area contributed by atoms with Gasteiger partial charge in [-0.3, -0.25) is 0 Å². The van der Waals surface area contributed by atoms with Crippen LogP contribution in [0, 0.1) is 11.8 Å². The summed E-state index contributed by atoms with van der Waals surface area (Å²) in [4.78, 5) is 6.97. The zero-order valence-electron chi connectivity index (χ0n) is 16.6. The number of hydrogen-bond donors (Lipinski definition) is 1. The molecule has 1 N–H and O–H groups in total. The van der Waals surface area contributed by atoms with Crippen LogP contribution in [0.5, 0.6) is 0 Å². The predicted octanol–water partition coefficient (Wildman–Crippen LogP) is 4.32. The molecular weight excluding hydrogens is 348 g/mol. The van der Waals surface area contributed by atoms with Crippen LogP contribution in [0.15, 0.2) is 48.7 Å². The molecule has 0 spiro atoms. The molecule has 1 fully saturated rings. The largest absolute Gasteiger partial charge is 0.393 e. The van der Waals surface area contributed by atoms with Crippen molar-refractivity contribution in [3.8, 4) is 11.3 Å². The molecule has 0 radical (unpaired) electrons. The highest BCUT2D eigenvalue weighted by Crippen LogP contribution is 2.28. The molecule has 2 heterocycles. The lowest BCUT2D eigenvalue weighted by molar-refractivity contribution is 0.0733. The lowest BCUT2D eigenvalue weighted by Crippen LogP contribution is -2.39. The molecule has 1 aliphatic rings. The summed E-state index contributed by atoms with van der Waals surface area (Å²) in [6, 6.07) is 14.7. The molecule has 2 aromatic carbocycles. The second-order valence-corrected chi connectivity index (χ2v) is 8.22. The molecule has 1 saturated heterocycles. The van der Waals surface area contributed by atoms with E-state index in [0.29, 0.717) is 17.8 Å². The highest BCUT2D eigenvalue weighted by molar-refractivity contribution is 5.86. The van der Waals surface area contributed by atoms with Crippen LogP contribution >= 0.6 is 0 Å². The van der Waals surface area contributed by atoms with Gasteiger partial charge >= 0.3 is 0 Å². The van der Waals surface area contributed by atoms with E-state index in [1.807, 2.05) is 12.1 Å². The van der Waals surface area contributed by atoms with Gasteiger partial charge in [0.15, 0.2) is 0 Å². The van der Waals surface area contributed by atoms with Crippen molar-refractivity contribution < 1.29 is 5.11 Å². The van der Waals surface area contributed by atoms with E-state index in [4.69, 9.17) is 4.98 Å². The Morgan fingerprint density at radius 1 is 1.07 bits per heavy atom. The third-order valence-corrected chi connectivity index (χ3v) is 5.67. The van der Waals surface area contributed by atoms with Crippen LogP contribution in [0.1, 0.15) is 33.1 Å². The maximum atomic E-state index is 10.4. The van der Waals surface area contributed by atoms with Crippen molar-refractivity contribution in [2.75, 3.05) is 18.0 Å². The van der Waals surface area contributed by atoms with Crippen molar-refractivity contribution in [3.63, 3.8) is 0 Å². The average Bonchev–Trinajstić information content (AvgIpc) is 2.73. The zero-order chi connectivity index (χ0) is 19.5. The molecule has 0 bridgehead atoms. The Labute approximate surface area is 166 Å². The van der Waals surface area contributed by atoms with Gasteiger partial charge in [-0.15, -0.1) is 5.10 Å². The van der Waals surface area contributed by atoms with Gasteiger partial charge < -0.3 is 10.0 Å². The van der Waals surface area contributed by atoms with Crippen molar-refractivity contribution in [1.29, 1.82) is 0 Å². The molecule has 146 valence electrons. The van der Waals surface area contributed by atoms with Crippen LogP contribution < -0.4 is 4.90 Å². The van der Waals surface area contributed by atoms with Crippen LogP contribution in [0.25, 0.3) is 22.0 Å². The van der Waals surface area contributed by atoms with Gasteiger partial charge in [-0.25, -0.2) is 4.98 Å². The van der Waals surface area contributed by atoms with E-state index in [9.17, 15) is 5.11 Å². The number of fused-ring (bicyclic) bond motifs is 1. The number of rotatable bonds is 5. The Kier molecular flexibility index (Phi) is 5.53. The predicted molar refractivity (Wildman–Crippen MR) is 113 cm³/mol. The Bertz CT molecular complexity index is 935. The number of anilines is 1. The highest BCUT2D eigenvalue weighted by Gasteiger charge is 2.27. The highest BCUT2D eigenvalue weighted by atomic mass is 16.3. The minimum Gasteiger partial charge on any atom is -0.393 e. The van der Waals surface area contributed by atoms with E-state index in [1.165, 1.54) is 10.8 Å². The minimum atomic E-state index is -0.204. The van der Waals surface area contributed by atoms with Gasteiger partial charge in [0, 0.05) is 18.7 Å². The van der Waals surface area contributed by atoms with Gasteiger partial charge in [-0.1, -0.05) is 50.2 Å². The number of nitrogens with zero attached hydrogens (tertiary/aromatic N) is 4. The molecule has 1 atom stereocenters. The summed E-state index contributed by atoms with van der Waals surface area (Å²) in [6.07, 6.45) is 4.34. The van der Waals surface area contributed by atoms with Gasteiger partial charge in [0.2, 0.25) is 5.95 Å². The first kappa shape index (κ1) is 18.8. The second-order valence-electron chi connectivity index (χ2n) is 8.22. The molecule has 0 amide bonds. The average molecular weight is 377 g/mol. The third kappa shape index (κ3) is 4.14. The summed E-state index contributed by atoms with van der Waals surface area (Å²) in [5, 5.41) is 21.3. The van der Waals surface area contributed by atoms with Crippen molar-refractivity contribution >= 4 is 16.7 Å². The zero-order valence-corrected chi connectivity index (χ0v) is 16.6. The molecule has 0 saturated carbocycles. The maximum absolute atomic E-state index is 10.4. The van der Waals surface area contributed by atoms with Crippen LogP contribution in [0.4, 0.5) is 5.95 Å². The van der Waals surface area contributed by atoms with Crippen molar-refractivity contribution in [2.24, 2.45) is 11.8 Å². The maximum Gasteiger partial charge on any atom is 0.245 e. The first-order valence-corrected chi connectivity index (χ1v) is 10.2. The van der Waals surface area contributed by atoms with Gasteiger partial charge in [-0.2, -0.15) is 5.10 Å². The Morgan fingerprint density at radius 3 is 2.57 bits per heavy atom. The van der Waals surface area contributed by atoms with E-state index < -0.39 is 0 Å². The Balaban J connectivity index is 1.48. The van der Waals surface area contributed by atoms with Gasteiger partial charge in [-0.05, 0) is 47.9 Å². The number of aliphatic hydroxyl groups excluding tert-OH is 1. The quantitative estimate of drug-likeness (QED) is 0.719. The SMILES string of the molecule is CC(C)CC(O)C1CCN(c2nncc(-c3ccc4ccccc4c3)n2)CC1. The normalized spacial score (nSPS) is 16.6. The second kappa shape index (κ2) is 8.23. The van der Waals surface area contributed by atoms with Crippen molar-refractivity contribution in [3.05, 3.63) is 48.7 Å². The first-order valence-electron chi connectivity index (χ1n) is 10.2. The van der Waals surface area contributed by atoms with E-state index in [0.717, 1.165) is 43.6 Å². The van der Waals surface area contributed by atoms with Gasteiger partial charge in [0.1, 0.15) is 0 Å². The van der Waals surface area contributed by atoms with Gasteiger partial charge in [0.25, 0.3) is 0 Å². The van der Waals surface area contributed by atoms with E-state index in [1.54, 1.807) is 6.20 Å². The summed E-state index contributed by atoms with van der Waals surface area (Å²) in [5.74, 6) is 1.58. The van der Waals surface area contributed by atoms with Crippen LogP contribution in [0.2, 0.25) is 0 Å². The molecule has 1 unspecified atom stereocenters. The first-order chi connectivity index (χ1) is 13.6. The molecule has 5 nitrogen and oxygen atoms in total. The summed E-state index contributed by atoms with van der Waals surface area (Å²) >= 11 is 0. The molecule has 3 aromatic rings. The standard InChI is InChI=1S/C23H28N4O/c1-16(2)13-22(28)18-9-11-27(12-10-18)23-25-21(15-24-26-23)20-8-7-17-5-3-4-6-19(17)14-20/h3-8,14-16,18,22,28H,9-13H2,1-2H3. The van der Waals surface area contributed by atoms with E-state index >= 15 is 0 Å². The summed E-state index contributed by atoms with van der Waals surface area (Å²) in [5.41, 5.74) is 1.90. The van der Waals surface area contributed by atoms with E-state index in [-0.39, 0.29) is 6.10 Å². The van der Waals surface area contributed by atoms with Crippen molar-refractivity contribution in [2.45, 2.75) is 39.2 Å². The van der Waals surface area contributed by atoms with Crippen LogP contribution in [-0.4, -0.2) is 39.5 Å². The Morgan fingerprint density at radius 2 is 1.82 bits per heavy atom. The fourth-order valence-corrected chi connectivity index (χ4v) is 4.08. The number of aromatic nitrogens is 3. The molecule has 1 aliphatic heterocycles. The lowest BCUT2D eigenvalue weighted by atomic mass is 9.87. The monoisotopic (exact) mass is 376 g/mol. The fraction of sp³-hybridized carbons (Fsp3) is 0.435. The summed E-state index contributed by atoms with van der Waals surface area (Å²) in [6.45, 7) is 6.05. The fourth-order valence-electron chi connectivity index (χ4n) is 4.08. The molecular formula is C23H28N4O.